The molecule has 2 heterocycles. The van der Waals surface area contributed by atoms with Crippen LogP contribution >= 0.6 is 0 Å². The van der Waals surface area contributed by atoms with Crippen molar-refractivity contribution in [2.75, 3.05) is 0 Å². The smallest absolute Gasteiger partial charge is 0.282 e. The van der Waals surface area contributed by atoms with Gasteiger partial charge in [0.15, 0.2) is 0 Å². The Hall–Kier alpha value is -4.12. The monoisotopic (exact) mass is 393 g/mol. The Morgan fingerprint density at radius 3 is 1.97 bits per heavy atom. The first kappa shape index (κ1) is 17.9. The lowest BCUT2D eigenvalue weighted by atomic mass is 10.0. The van der Waals surface area contributed by atoms with E-state index in [1.54, 1.807) is 24.3 Å². The van der Waals surface area contributed by atoms with Crippen LogP contribution in [0.2, 0.25) is 0 Å². The number of hydrogen-bond donors (Lipinski definition) is 2. The van der Waals surface area contributed by atoms with Crippen LogP contribution in [0.5, 0.6) is 5.75 Å². The molecule has 0 spiro atoms. The van der Waals surface area contributed by atoms with E-state index in [1.807, 2.05) is 67.6 Å². The third-order valence-electron chi connectivity index (χ3n) is 5.24. The molecule has 146 valence electrons. The second-order valence-corrected chi connectivity index (χ2v) is 7.19. The van der Waals surface area contributed by atoms with Crippen molar-refractivity contribution in [3.05, 3.63) is 101 Å². The number of aromatic nitrogens is 3. The topological polar surface area (TPSA) is 70.4 Å². The number of aromatic hydroxyl groups is 1. The molecule has 0 atom stereocenters. The fourth-order valence-corrected chi connectivity index (χ4v) is 3.83. The van der Waals surface area contributed by atoms with Crippen LogP contribution in [0.3, 0.4) is 0 Å². The van der Waals surface area contributed by atoms with Crippen LogP contribution < -0.4 is 5.56 Å². The van der Waals surface area contributed by atoms with E-state index < -0.39 is 0 Å². The molecule has 5 nitrogen and oxygen atoms in total. The molecule has 0 saturated carbocycles. The predicted molar refractivity (Wildman–Crippen MR) is 119 cm³/mol. The third-order valence-corrected chi connectivity index (χ3v) is 5.24. The van der Waals surface area contributed by atoms with Gasteiger partial charge in [-0.05, 0) is 30.2 Å². The van der Waals surface area contributed by atoms with Crippen LogP contribution in [0.25, 0.3) is 39.2 Å². The van der Waals surface area contributed by atoms with Crippen LogP contribution in [-0.4, -0.2) is 19.7 Å². The van der Waals surface area contributed by atoms with Crippen molar-refractivity contribution in [2.45, 2.75) is 6.92 Å². The molecule has 30 heavy (non-hydrogen) atoms. The Labute approximate surface area is 172 Å². The summed E-state index contributed by atoms with van der Waals surface area (Å²) in [5.74, 6) is 0.158. The van der Waals surface area contributed by atoms with Crippen LogP contribution in [0.4, 0.5) is 0 Å². The Balaban J connectivity index is 1.86. The molecule has 5 rings (SSSR count). The first-order valence-electron chi connectivity index (χ1n) is 9.69. The molecular formula is C25H19N3O2. The molecule has 0 bridgehead atoms. The average molecular weight is 393 g/mol. The van der Waals surface area contributed by atoms with Crippen LogP contribution in [0.1, 0.15) is 5.69 Å². The fraction of sp³-hybridized carbons (Fsp3) is 0.0400. The number of phenols is 1. The maximum atomic E-state index is 13.5. The minimum Gasteiger partial charge on any atom is -0.508 e. The minimum atomic E-state index is -0.202. The van der Waals surface area contributed by atoms with Gasteiger partial charge in [0.25, 0.3) is 5.56 Å². The summed E-state index contributed by atoms with van der Waals surface area (Å²) in [6.07, 6.45) is 0. The largest absolute Gasteiger partial charge is 0.508 e. The average Bonchev–Trinajstić information content (AvgIpc) is 3.16. The van der Waals surface area contributed by atoms with E-state index in [0.29, 0.717) is 11.2 Å². The molecule has 0 unspecified atom stereocenters. The number of phenolic OH excluding ortho intramolecular Hbond substituents is 1. The first-order valence-corrected chi connectivity index (χ1v) is 9.69. The van der Waals surface area contributed by atoms with E-state index in [4.69, 9.17) is 5.10 Å². The van der Waals surface area contributed by atoms with E-state index in [0.717, 1.165) is 33.6 Å². The van der Waals surface area contributed by atoms with E-state index in [9.17, 15) is 9.90 Å². The van der Waals surface area contributed by atoms with Gasteiger partial charge in [-0.15, -0.1) is 0 Å². The number of H-pyrrole nitrogens is 1. The van der Waals surface area contributed by atoms with E-state index in [1.165, 1.54) is 4.52 Å². The number of aromatic amines is 1. The van der Waals surface area contributed by atoms with Gasteiger partial charge in [0.05, 0.1) is 11.1 Å². The van der Waals surface area contributed by atoms with Gasteiger partial charge < -0.3 is 10.1 Å². The van der Waals surface area contributed by atoms with Gasteiger partial charge in [-0.3, -0.25) is 4.79 Å². The summed E-state index contributed by atoms with van der Waals surface area (Å²) < 4.78 is 1.44. The highest BCUT2D eigenvalue weighted by molar-refractivity contribution is 5.91. The zero-order chi connectivity index (χ0) is 20.7. The minimum absolute atomic E-state index is 0.158. The Bertz CT molecular complexity index is 1400. The summed E-state index contributed by atoms with van der Waals surface area (Å²) >= 11 is 0. The van der Waals surface area contributed by atoms with Gasteiger partial charge in [0.1, 0.15) is 17.1 Å². The number of aryl methyl sites for hydroxylation is 1. The number of hydrogen-bond acceptors (Lipinski definition) is 3. The van der Waals surface area contributed by atoms with Gasteiger partial charge in [-0.25, -0.2) is 0 Å². The quantitative estimate of drug-likeness (QED) is 0.451. The van der Waals surface area contributed by atoms with Gasteiger partial charge in [0, 0.05) is 11.3 Å². The second-order valence-electron chi connectivity index (χ2n) is 7.19. The third kappa shape index (κ3) is 2.88. The highest BCUT2D eigenvalue weighted by Gasteiger charge is 2.21. The van der Waals surface area contributed by atoms with Crippen LogP contribution in [-0.2, 0) is 0 Å². The molecule has 5 aromatic rings. The zero-order valence-electron chi connectivity index (χ0n) is 16.3. The van der Waals surface area contributed by atoms with Crippen LogP contribution in [0, 0.1) is 6.92 Å². The standard InChI is InChI=1S/C25H19N3O2/c1-16-21(18-12-14-20(29)15-13-18)25(30)28-24(26-16)22(17-8-4-2-5-9-17)23(27-28)19-10-6-3-7-11-19/h2-15,26,29H,1H3. The zero-order valence-corrected chi connectivity index (χ0v) is 16.3. The molecule has 0 fully saturated rings. The molecule has 3 aromatic carbocycles. The highest BCUT2D eigenvalue weighted by Crippen LogP contribution is 2.34. The van der Waals surface area contributed by atoms with E-state index in [-0.39, 0.29) is 11.3 Å². The number of nitrogens with one attached hydrogen (secondary N) is 1. The normalized spacial score (nSPS) is 11.1. The SMILES string of the molecule is Cc1[nH]c2c(-c3ccccc3)c(-c3ccccc3)nn2c(=O)c1-c1ccc(O)cc1. The Kier molecular flexibility index (Phi) is 4.21. The van der Waals surface area contributed by atoms with Gasteiger partial charge >= 0.3 is 0 Å². The van der Waals surface area contributed by atoms with Crippen molar-refractivity contribution in [1.82, 2.24) is 14.6 Å². The Morgan fingerprint density at radius 2 is 1.33 bits per heavy atom. The molecule has 0 saturated heterocycles. The molecular weight excluding hydrogens is 374 g/mol. The molecule has 2 N–H and O–H groups in total. The number of fused-ring (bicyclic) bond motifs is 1. The lowest BCUT2D eigenvalue weighted by Crippen LogP contribution is -2.19. The van der Waals surface area contributed by atoms with Crippen LogP contribution in [0.15, 0.2) is 89.7 Å². The van der Waals surface area contributed by atoms with Crippen molar-refractivity contribution >= 4 is 5.65 Å². The van der Waals surface area contributed by atoms with Crippen molar-refractivity contribution in [3.8, 4) is 39.3 Å². The van der Waals surface area contributed by atoms with Crippen molar-refractivity contribution in [3.63, 3.8) is 0 Å². The summed E-state index contributed by atoms with van der Waals surface area (Å²) in [5.41, 5.74) is 6.02. The summed E-state index contributed by atoms with van der Waals surface area (Å²) in [4.78, 5) is 16.9. The first-order chi connectivity index (χ1) is 14.6. The lowest BCUT2D eigenvalue weighted by Gasteiger charge is -2.08. The molecule has 0 aliphatic rings. The second kappa shape index (κ2) is 7.04. The molecule has 0 aliphatic heterocycles. The Morgan fingerprint density at radius 1 is 0.767 bits per heavy atom. The molecule has 5 heteroatoms. The molecule has 0 amide bonds. The summed E-state index contributed by atoms with van der Waals surface area (Å²) in [5, 5.41) is 14.3. The summed E-state index contributed by atoms with van der Waals surface area (Å²) in [6.45, 7) is 1.88. The van der Waals surface area contributed by atoms with Crippen molar-refractivity contribution < 1.29 is 5.11 Å². The predicted octanol–water partition coefficient (Wildman–Crippen LogP) is 5.04. The van der Waals surface area contributed by atoms with E-state index >= 15 is 0 Å². The fourth-order valence-electron chi connectivity index (χ4n) is 3.83. The molecule has 0 radical (unpaired) electrons. The lowest BCUT2D eigenvalue weighted by molar-refractivity contribution is 0.475. The van der Waals surface area contributed by atoms with E-state index in [2.05, 4.69) is 4.98 Å². The molecule has 2 aromatic heterocycles. The van der Waals surface area contributed by atoms with Gasteiger partial charge in [0.2, 0.25) is 0 Å². The maximum Gasteiger partial charge on any atom is 0.282 e. The number of nitrogens with zero attached hydrogens (tertiary/aromatic N) is 2. The molecule has 0 aliphatic carbocycles. The van der Waals surface area contributed by atoms with Crippen molar-refractivity contribution in [1.29, 1.82) is 0 Å². The van der Waals surface area contributed by atoms with Crippen molar-refractivity contribution in [2.24, 2.45) is 0 Å². The van der Waals surface area contributed by atoms with Gasteiger partial charge in [-0.1, -0.05) is 72.8 Å². The summed E-state index contributed by atoms with van der Waals surface area (Å²) in [7, 11) is 0. The highest BCUT2D eigenvalue weighted by atomic mass is 16.3. The summed E-state index contributed by atoms with van der Waals surface area (Å²) in [6, 6.07) is 26.4. The number of benzene rings is 3. The maximum absolute atomic E-state index is 13.5. The van der Waals surface area contributed by atoms with Gasteiger partial charge in [-0.2, -0.15) is 9.61 Å². The number of rotatable bonds is 3.